The van der Waals surface area contributed by atoms with Crippen LogP contribution in [0.5, 0.6) is 0 Å². The smallest absolute Gasteiger partial charge is 0.317 e. The molecule has 2 amide bonds. The van der Waals surface area contributed by atoms with Gasteiger partial charge in [-0.3, -0.25) is 4.90 Å². The zero-order valence-electron chi connectivity index (χ0n) is 15.7. The van der Waals surface area contributed by atoms with Gasteiger partial charge in [-0.15, -0.1) is 0 Å². The fraction of sp³-hybridized carbons (Fsp3) is 0.571. The molecule has 2 aliphatic rings. The first-order chi connectivity index (χ1) is 12.7. The van der Waals surface area contributed by atoms with Crippen molar-refractivity contribution in [2.45, 2.75) is 57.7 Å². The highest BCUT2D eigenvalue weighted by Gasteiger charge is 2.32. The minimum Gasteiger partial charge on any atom is -0.361 e. The van der Waals surface area contributed by atoms with Crippen LogP contribution < -0.4 is 5.32 Å². The van der Waals surface area contributed by atoms with Crippen molar-refractivity contribution in [2.75, 3.05) is 19.6 Å². The number of rotatable bonds is 6. The SMILES string of the molecule is CC1CCCCN1CCNC(=O)N(Cc1ccc2[nH]ccc2c1)C1CC1. The Hall–Kier alpha value is -2.01. The largest absolute Gasteiger partial charge is 0.361 e. The van der Waals surface area contributed by atoms with E-state index in [1.54, 1.807) is 0 Å². The lowest BCUT2D eigenvalue weighted by molar-refractivity contribution is 0.157. The van der Waals surface area contributed by atoms with E-state index in [0.717, 1.165) is 31.4 Å². The minimum absolute atomic E-state index is 0.0892. The van der Waals surface area contributed by atoms with Crippen LogP contribution in [0.25, 0.3) is 10.9 Å². The van der Waals surface area contributed by atoms with Crippen LogP contribution in [-0.4, -0.2) is 52.5 Å². The summed E-state index contributed by atoms with van der Waals surface area (Å²) in [6, 6.07) is 9.64. The van der Waals surface area contributed by atoms with Gasteiger partial charge in [-0.1, -0.05) is 12.5 Å². The molecule has 1 saturated carbocycles. The molecule has 26 heavy (non-hydrogen) atoms. The molecule has 2 N–H and O–H groups in total. The van der Waals surface area contributed by atoms with Crippen LogP contribution in [0.4, 0.5) is 4.79 Å². The average Bonchev–Trinajstić information content (AvgIpc) is 3.38. The molecule has 1 unspecified atom stereocenters. The summed E-state index contributed by atoms with van der Waals surface area (Å²) in [7, 11) is 0. The van der Waals surface area contributed by atoms with E-state index >= 15 is 0 Å². The van der Waals surface area contributed by atoms with Gasteiger partial charge in [-0.25, -0.2) is 4.79 Å². The van der Waals surface area contributed by atoms with Crippen LogP contribution in [0.1, 0.15) is 44.6 Å². The number of amides is 2. The third kappa shape index (κ3) is 4.04. The molecule has 1 aliphatic heterocycles. The first-order valence-electron chi connectivity index (χ1n) is 10.1. The minimum atomic E-state index is 0.0892. The monoisotopic (exact) mass is 354 g/mol. The van der Waals surface area contributed by atoms with Gasteiger partial charge in [0.1, 0.15) is 0 Å². The Labute approximate surface area is 155 Å². The predicted molar refractivity (Wildman–Crippen MR) is 105 cm³/mol. The van der Waals surface area contributed by atoms with E-state index < -0.39 is 0 Å². The number of carbonyl (C=O) groups is 1. The second-order valence-electron chi connectivity index (χ2n) is 7.87. The standard InChI is InChI=1S/C21H30N4O/c1-16-4-2-3-12-24(16)13-11-23-21(26)25(19-6-7-19)15-17-5-8-20-18(14-17)9-10-22-20/h5,8-10,14,16,19,22H,2-4,6-7,11-13,15H2,1H3,(H,23,26). The number of nitrogens with zero attached hydrogens (tertiary/aromatic N) is 2. The van der Waals surface area contributed by atoms with E-state index in [9.17, 15) is 4.79 Å². The van der Waals surface area contributed by atoms with E-state index in [1.807, 2.05) is 11.1 Å². The van der Waals surface area contributed by atoms with Gasteiger partial charge in [0, 0.05) is 43.4 Å². The Morgan fingerprint density at radius 3 is 2.96 bits per heavy atom. The van der Waals surface area contributed by atoms with Crippen molar-refractivity contribution in [2.24, 2.45) is 0 Å². The van der Waals surface area contributed by atoms with Crippen molar-refractivity contribution in [3.8, 4) is 0 Å². The molecule has 0 bridgehead atoms. The summed E-state index contributed by atoms with van der Waals surface area (Å²) in [6.07, 6.45) is 8.12. The fourth-order valence-electron chi connectivity index (χ4n) is 4.05. The molecule has 1 saturated heterocycles. The molecule has 5 heteroatoms. The summed E-state index contributed by atoms with van der Waals surface area (Å²) < 4.78 is 0. The van der Waals surface area contributed by atoms with Crippen LogP contribution in [0.2, 0.25) is 0 Å². The maximum atomic E-state index is 12.8. The van der Waals surface area contributed by atoms with E-state index in [4.69, 9.17) is 0 Å². The summed E-state index contributed by atoms with van der Waals surface area (Å²) in [5.74, 6) is 0. The Bertz CT molecular complexity index is 751. The number of urea groups is 1. The molecular weight excluding hydrogens is 324 g/mol. The molecule has 4 rings (SSSR count). The fourth-order valence-corrected chi connectivity index (χ4v) is 4.05. The third-order valence-electron chi connectivity index (χ3n) is 5.83. The maximum absolute atomic E-state index is 12.8. The number of hydrogen-bond donors (Lipinski definition) is 2. The van der Waals surface area contributed by atoms with Gasteiger partial charge in [0.25, 0.3) is 0 Å². The molecule has 0 spiro atoms. The molecular formula is C21H30N4O. The highest BCUT2D eigenvalue weighted by Crippen LogP contribution is 2.29. The molecule has 1 aliphatic carbocycles. The molecule has 1 aromatic heterocycles. The topological polar surface area (TPSA) is 51.4 Å². The zero-order valence-corrected chi connectivity index (χ0v) is 15.7. The second-order valence-corrected chi connectivity index (χ2v) is 7.87. The van der Waals surface area contributed by atoms with E-state index in [2.05, 4.69) is 46.4 Å². The maximum Gasteiger partial charge on any atom is 0.317 e. The van der Waals surface area contributed by atoms with Gasteiger partial charge in [0.15, 0.2) is 0 Å². The molecule has 0 radical (unpaired) electrons. The van der Waals surface area contributed by atoms with Crippen molar-refractivity contribution in [1.82, 2.24) is 20.1 Å². The number of piperidine rings is 1. The van der Waals surface area contributed by atoms with Crippen LogP contribution in [0, 0.1) is 0 Å². The highest BCUT2D eigenvalue weighted by molar-refractivity contribution is 5.80. The number of nitrogens with one attached hydrogen (secondary N) is 2. The van der Waals surface area contributed by atoms with Gasteiger partial charge in [0.05, 0.1) is 0 Å². The first kappa shape index (κ1) is 17.4. The number of likely N-dealkylation sites (tertiary alicyclic amines) is 1. The summed E-state index contributed by atoms with van der Waals surface area (Å²) in [5, 5.41) is 4.37. The normalized spacial score (nSPS) is 21.0. The van der Waals surface area contributed by atoms with Crippen molar-refractivity contribution in [1.29, 1.82) is 0 Å². The summed E-state index contributed by atoms with van der Waals surface area (Å²) in [4.78, 5) is 20.5. The highest BCUT2D eigenvalue weighted by atomic mass is 16.2. The van der Waals surface area contributed by atoms with Gasteiger partial charge < -0.3 is 15.2 Å². The van der Waals surface area contributed by atoms with E-state index in [0.29, 0.717) is 18.6 Å². The van der Waals surface area contributed by atoms with Crippen molar-refractivity contribution < 1.29 is 4.79 Å². The van der Waals surface area contributed by atoms with Crippen LogP contribution in [0.15, 0.2) is 30.5 Å². The molecule has 1 aromatic carbocycles. The van der Waals surface area contributed by atoms with Crippen molar-refractivity contribution >= 4 is 16.9 Å². The second kappa shape index (κ2) is 7.70. The number of aromatic nitrogens is 1. The first-order valence-corrected chi connectivity index (χ1v) is 10.1. The molecule has 2 heterocycles. The summed E-state index contributed by atoms with van der Waals surface area (Å²) in [6.45, 7) is 5.86. The average molecular weight is 354 g/mol. The van der Waals surface area contributed by atoms with Gasteiger partial charge in [-0.05, 0) is 68.3 Å². The molecule has 2 aromatic rings. The Kier molecular flexibility index (Phi) is 5.16. The lowest BCUT2D eigenvalue weighted by Gasteiger charge is -2.33. The van der Waals surface area contributed by atoms with Crippen LogP contribution in [0.3, 0.4) is 0 Å². The summed E-state index contributed by atoms with van der Waals surface area (Å²) >= 11 is 0. The lowest BCUT2D eigenvalue weighted by Crippen LogP contribution is -2.46. The number of hydrogen-bond acceptors (Lipinski definition) is 2. The quantitative estimate of drug-likeness (QED) is 0.831. The number of carbonyl (C=O) groups excluding carboxylic acids is 1. The van der Waals surface area contributed by atoms with Gasteiger partial charge in [-0.2, -0.15) is 0 Å². The van der Waals surface area contributed by atoms with Crippen molar-refractivity contribution in [3.63, 3.8) is 0 Å². The van der Waals surface area contributed by atoms with Crippen LogP contribution >= 0.6 is 0 Å². The molecule has 5 nitrogen and oxygen atoms in total. The zero-order chi connectivity index (χ0) is 17.9. The van der Waals surface area contributed by atoms with E-state index in [-0.39, 0.29) is 6.03 Å². The Morgan fingerprint density at radius 2 is 2.15 bits per heavy atom. The molecule has 1 atom stereocenters. The lowest BCUT2D eigenvalue weighted by atomic mass is 10.0. The van der Waals surface area contributed by atoms with Crippen LogP contribution in [-0.2, 0) is 6.54 Å². The Balaban J connectivity index is 1.33. The molecule has 2 fully saturated rings. The number of aromatic amines is 1. The van der Waals surface area contributed by atoms with Crippen molar-refractivity contribution in [3.05, 3.63) is 36.0 Å². The van der Waals surface area contributed by atoms with Gasteiger partial charge in [0.2, 0.25) is 0 Å². The van der Waals surface area contributed by atoms with E-state index in [1.165, 1.54) is 36.8 Å². The third-order valence-corrected chi connectivity index (χ3v) is 5.83. The summed E-state index contributed by atoms with van der Waals surface area (Å²) in [5.41, 5.74) is 2.34. The van der Waals surface area contributed by atoms with Gasteiger partial charge >= 0.3 is 6.03 Å². The number of fused-ring (bicyclic) bond motifs is 1. The number of H-pyrrole nitrogens is 1. The number of benzene rings is 1. The molecule has 140 valence electrons. The Morgan fingerprint density at radius 1 is 1.27 bits per heavy atom. The predicted octanol–water partition coefficient (Wildman–Crippen LogP) is 3.72.